The Bertz CT molecular complexity index is 259. The van der Waals surface area contributed by atoms with Crippen molar-refractivity contribution in [2.45, 2.75) is 64.6 Å². The maximum Gasteiger partial charge on any atom is 0.226 e. The second-order valence-corrected chi connectivity index (χ2v) is 5.65. The van der Waals surface area contributed by atoms with Crippen LogP contribution in [0.25, 0.3) is 0 Å². The Hall–Kier alpha value is -0.570. The topological polar surface area (TPSA) is 32.3 Å². The van der Waals surface area contributed by atoms with E-state index >= 15 is 0 Å². The highest BCUT2D eigenvalue weighted by molar-refractivity contribution is 5.80. The maximum atomic E-state index is 12.5. The van der Waals surface area contributed by atoms with Crippen molar-refractivity contribution in [2.24, 2.45) is 5.92 Å². The van der Waals surface area contributed by atoms with Gasteiger partial charge in [0.25, 0.3) is 0 Å². The molecule has 0 spiro atoms. The first-order chi connectivity index (χ1) is 7.59. The molecule has 1 heterocycles. The fraction of sp³-hybridized carbons (Fsp3) is 0.923. The smallest absolute Gasteiger partial charge is 0.226 e. The normalized spacial score (nSPS) is 30.5. The quantitative estimate of drug-likeness (QED) is 0.792. The summed E-state index contributed by atoms with van der Waals surface area (Å²) in [5.41, 5.74) is 0. The van der Waals surface area contributed by atoms with Crippen LogP contribution in [0.15, 0.2) is 0 Å². The fourth-order valence-electron chi connectivity index (χ4n) is 2.78. The van der Waals surface area contributed by atoms with Gasteiger partial charge in [-0.25, -0.2) is 0 Å². The molecular formula is C13H24N2O. The molecule has 1 saturated carbocycles. The number of hydrogen-bond donors (Lipinski definition) is 1. The number of hydrogen-bond acceptors (Lipinski definition) is 2. The van der Waals surface area contributed by atoms with Crippen LogP contribution in [0.2, 0.25) is 0 Å². The van der Waals surface area contributed by atoms with Crippen LogP contribution in [0.4, 0.5) is 0 Å². The van der Waals surface area contributed by atoms with E-state index in [2.05, 4.69) is 31.0 Å². The molecule has 0 aromatic carbocycles. The Balaban J connectivity index is 1.98. The molecule has 1 aliphatic heterocycles. The highest BCUT2D eigenvalue weighted by Crippen LogP contribution is 2.31. The van der Waals surface area contributed by atoms with Crippen LogP contribution < -0.4 is 5.32 Å². The number of amides is 1. The molecule has 1 aliphatic carbocycles. The molecule has 2 aliphatic rings. The predicted molar refractivity (Wildman–Crippen MR) is 65.2 cm³/mol. The number of nitrogens with zero attached hydrogens (tertiary/aromatic N) is 1. The summed E-state index contributed by atoms with van der Waals surface area (Å²) in [4.78, 5) is 14.6. The van der Waals surface area contributed by atoms with E-state index in [-0.39, 0.29) is 5.92 Å². The van der Waals surface area contributed by atoms with Gasteiger partial charge in [0.05, 0.1) is 0 Å². The molecule has 1 amide bonds. The number of carbonyl (C=O) groups is 1. The molecule has 0 aromatic rings. The van der Waals surface area contributed by atoms with E-state index in [1.807, 2.05) is 0 Å². The predicted octanol–water partition coefficient (Wildman–Crippen LogP) is 1.77. The van der Waals surface area contributed by atoms with Gasteiger partial charge < -0.3 is 10.2 Å². The first kappa shape index (κ1) is 11.9. The average Bonchev–Trinajstić information content (AvgIpc) is 3.01. The van der Waals surface area contributed by atoms with Gasteiger partial charge in [-0.3, -0.25) is 4.79 Å². The number of rotatable bonds is 3. The molecule has 0 aromatic heterocycles. The third-order valence-electron chi connectivity index (χ3n) is 3.72. The lowest BCUT2D eigenvalue weighted by atomic mass is 9.91. The van der Waals surface area contributed by atoms with Crippen molar-refractivity contribution in [1.29, 1.82) is 0 Å². The highest BCUT2D eigenvalue weighted by atomic mass is 16.2. The SMILES string of the molecule is CC(C)N(C(=O)[C@H]1CCN[C@@H](C)C1)C1CC1. The van der Waals surface area contributed by atoms with Crippen LogP contribution in [-0.2, 0) is 4.79 Å². The number of piperidine rings is 1. The molecule has 2 atom stereocenters. The third kappa shape index (κ3) is 2.57. The monoisotopic (exact) mass is 224 g/mol. The average molecular weight is 224 g/mol. The van der Waals surface area contributed by atoms with Crippen LogP contribution in [0.1, 0.15) is 46.5 Å². The van der Waals surface area contributed by atoms with Crippen molar-refractivity contribution in [3.8, 4) is 0 Å². The summed E-state index contributed by atoms with van der Waals surface area (Å²) in [7, 11) is 0. The summed E-state index contributed by atoms with van der Waals surface area (Å²) in [6.45, 7) is 7.45. The van der Waals surface area contributed by atoms with Crippen LogP contribution in [0, 0.1) is 5.92 Å². The standard InChI is InChI=1S/C13H24N2O/c1-9(2)15(12-4-5-12)13(16)11-6-7-14-10(3)8-11/h9-12,14H,4-8H2,1-3H3/t10-,11-/m0/s1. The van der Waals surface area contributed by atoms with Gasteiger partial charge in [-0.2, -0.15) is 0 Å². The first-order valence-corrected chi connectivity index (χ1v) is 6.65. The Kier molecular flexibility index (Phi) is 3.53. The summed E-state index contributed by atoms with van der Waals surface area (Å²) >= 11 is 0. The van der Waals surface area contributed by atoms with Gasteiger partial charge in [-0.05, 0) is 53.0 Å². The second-order valence-electron chi connectivity index (χ2n) is 5.65. The third-order valence-corrected chi connectivity index (χ3v) is 3.72. The van der Waals surface area contributed by atoms with Crippen molar-refractivity contribution >= 4 is 5.91 Å². The highest BCUT2D eigenvalue weighted by Gasteiger charge is 2.38. The molecule has 3 nitrogen and oxygen atoms in total. The Morgan fingerprint density at radius 2 is 2.00 bits per heavy atom. The van der Waals surface area contributed by atoms with Gasteiger partial charge in [0.15, 0.2) is 0 Å². The van der Waals surface area contributed by atoms with E-state index in [0.717, 1.165) is 19.4 Å². The summed E-state index contributed by atoms with van der Waals surface area (Å²) in [6.07, 6.45) is 4.45. The zero-order valence-electron chi connectivity index (χ0n) is 10.7. The van der Waals surface area contributed by atoms with Gasteiger partial charge in [-0.1, -0.05) is 0 Å². The zero-order chi connectivity index (χ0) is 11.7. The van der Waals surface area contributed by atoms with Gasteiger partial charge >= 0.3 is 0 Å². The van der Waals surface area contributed by atoms with E-state index in [1.54, 1.807) is 0 Å². The Labute approximate surface area is 98.6 Å². The van der Waals surface area contributed by atoms with E-state index in [0.29, 0.717) is 24.0 Å². The summed E-state index contributed by atoms with van der Waals surface area (Å²) in [6, 6.07) is 1.42. The molecule has 0 radical (unpaired) electrons. The van der Waals surface area contributed by atoms with Gasteiger partial charge in [0.1, 0.15) is 0 Å². The van der Waals surface area contributed by atoms with Gasteiger partial charge in [-0.15, -0.1) is 0 Å². The van der Waals surface area contributed by atoms with Crippen LogP contribution in [-0.4, -0.2) is 35.5 Å². The number of carbonyl (C=O) groups excluding carboxylic acids is 1. The largest absolute Gasteiger partial charge is 0.337 e. The summed E-state index contributed by atoms with van der Waals surface area (Å²) in [5.74, 6) is 0.671. The molecular weight excluding hydrogens is 200 g/mol. The molecule has 16 heavy (non-hydrogen) atoms. The lowest BCUT2D eigenvalue weighted by Gasteiger charge is -2.34. The van der Waals surface area contributed by atoms with Crippen LogP contribution in [0.5, 0.6) is 0 Å². The van der Waals surface area contributed by atoms with E-state index in [1.165, 1.54) is 12.8 Å². The van der Waals surface area contributed by atoms with Crippen molar-refractivity contribution in [3.63, 3.8) is 0 Å². The first-order valence-electron chi connectivity index (χ1n) is 6.65. The lowest BCUT2D eigenvalue weighted by Crippen LogP contribution is -2.47. The van der Waals surface area contributed by atoms with Crippen molar-refractivity contribution in [2.75, 3.05) is 6.54 Å². The Morgan fingerprint density at radius 1 is 1.31 bits per heavy atom. The number of nitrogens with one attached hydrogen (secondary N) is 1. The van der Waals surface area contributed by atoms with Crippen LogP contribution in [0.3, 0.4) is 0 Å². The van der Waals surface area contributed by atoms with Crippen molar-refractivity contribution < 1.29 is 4.79 Å². The molecule has 2 fully saturated rings. The van der Waals surface area contributed by atoms with E-state index in [9.17, 15) is 4.79 Å². The van der Waals surface area contributed by atoms with Crippen molar-refractivity contribution in [3.05, 3.63) is 0 Å². The minimum Gasteiger partial charge on any atom is -0.337 e. The molecule has 1 N–H and O–H groups in total. The van der Waals surface area contributed by atoms with Crippen LogP contribution >= 0.6 is 0 Å². The van der Waals surface area contributed by atoms with E-state index < -0.39 is 0 Å². The minimum absolute atomic E-state index is 0.263. The molecule has 0 bridgehead atoms. The molecule has 1 saturated heterocycles. The summed E-state index contributed by atoms with van der Waals surface area (Å²) < 4.78 is 0. The molecule has 3 heteroatoms. The fourth-order valence-corrected chi connectivity index (χ4v) is 2.78. The zero-order valence-corrected chi connectivity index (χ0v) is 10.7. The van der Waals surface area contributed by atoms with Gasteiger partial charge in [0.2, 0.25) is 5.91 Å². The van der Waals surface area contributed by atoms with Crippen molar-refractivity contribution in [1.82, 2.24) is 10.2 Å². The molecule has 0 unspecified atom stereocenters. The molecule has 2 rings (SSSR count). The lowest BCUT2D eigenvalue weighted by molar-refractivity contribution is -0.139. The maximum absolute atomic E-state index is 12.5. The van der Waals surface area contributed by atoms with E-state index in [4.69, 9.17) is 0 Å². The summed E-state index contributed by atoms with van der Waals surface area (Å²) in [5, 5.41) is 3.41. The Morgan fingerprint density at radius 3 is 2.50 bits per heavy atom. The second kappa shape index (κ2) is 4.74. The van der Waals surface area contributed by atoms with Gasteiger partial charge in [0, 0.05) is 24.0 Å². The molecule has 92 valence electrons. The minimum atomic E-state index is 0.263.